The van der Waals surface area contributed by atoms with Gasteiger partial charge in [-0.1, -0.05) is 6.92 Å². The number of rotatable bonds is 3. The molecule has 2 rings (SSSR count). The Balaban J connectivity index is 2.02. The zero-order valence-corrected chi connectivity index (χ0v) is 10.2. The molecule has 0 bridgehead atoms. The highest BCUT2D eigenvalue weighted by molar-refractivity contribution is 5.93. The normalized spacial score (nSPS) is 19.1. The second kappa shape index (κ2) is 5.14. The zero-order valence-electron chi connectivity index (χ0n) is 10.2. The van der Waals surface area contributed by atoms with Gasteiger partial charge in [-0.2, -0.15) is 0 Å². The average Bonchev–Trinajstić information content (AvgIpc) is 2.68. The number of likely N-dealkylation sites (tertiary alicyclic amines) is 1. The molecule has 1 fully saturated rings. The molecule has 1 saturated heterocycles. The van der Waals surface area contributed by atoms with Gasteiger partial charge in [-0.3, -0.25) is 20.0 Å². The molecule has 18 heavy (non-hydrogen) atoms. The molecule has 0 aliphatic carbocycles. The zero-order chi connectivity index (χ0) is 13.1. The molecule has 6 nitrogen and oxygen atoms in total. The van der Waals surface area contributed by atoms with Crippen molar-refractivity contribution in [3.05, 3.63) is 29.6 Å². The lowest BCUT2D eigenvalue weighted by Gasteiger charge is -2.15. The lowest BCUT2D eigenvalue weighted by Crippen LogP contribution is -2.30. The summed E-state index contributed by atoms with van der Waals surface area (Å²) in [5.74, 6) is 5.22. The third kappa shape index (κ3) is 2.65. The lowest BCUT2D eigenvalue weighted by molar-refractivity contribution is -0.128. The molecule has 0 spiro atoms. The van der Waals surface area contributed by atoms with E-state index in [2.05, 4.69) is 11.9 Å². The molecular weight excluding hydrogens is 232 g/mol. The molecule has 1 aliphatic rings. The molecule has 96 valence electrons. The van der Waals surface area contributed by atoms with Crippen molar-refractivity contribution in [1.29, 1.82) is 0 Å². The Morgan fingerprint density at radius 1 is 1.61 bits per heavy atom. The van der Waals surface area contributed by atoms with Crippen LogP contribution in [0.1, 0.15) is 29.4 Å². The van der Waals surface area contributed by atoms with Crippen molar-refractivity contribution in [2.45, 2.75) is 19.9 Å². The van der Waals surface area contributed by atoms with Crippen molar-refractivity contribution >= 4 is 11.8 Å². The van der Waals surface area contributed by atoms with Gasteiger partial charge in [0.25, 0.3) is 5.91 Å². The summed E-state index contributed by atoms with van der Waals surface area (Å²) in [4.78, 5) is 28.8. The van der Waals surface area contributed by atoms with Gasteiger partial charge in [-0.25, -0.2) is 5.84 Å². The number of nitrogen functional groups attached to an aromatic ring is 1. The summed E-state index contributed by atoms with van der Waals surface area (Å²) in [6.07, 6.45) is 2.06. The summed E-state index contributed by atoms with van der Waals surface area (Å²) in [7, 11) is 0. The van der Waals surface area contributed by atoms with E-state index in [4.69, 9.17) is 5.84 Å². The molecule has 1 aliphatic heterocycles. The molecule has 2 amide bonds. The van der Waals surface area contributed by atoms with Crippen molar-refractivity contribution in [3.8, 4) is 0 Å². The van der Waals surface area contributed by atoms with Crippen LogP contribution in [-0.2, 0) is 11.3 Å². The second-order valence-electron chi connectivity index (χ2n) is 4.60. The summed E-state index contributed by atoms with van der Waals surface area (Å²) in [5, 5.41) is 0. The number of carbonyl (C=O) groups excluding carboxylic acids is 2. The molecule has 1 unspecified atom stereocenters. The predicted molar refractivity (Wildman–Crippen MR) is 65.1 cm³/mol. The standard InChI is InChI=1S/C12H16N4O2/c1-8-4-11(17)16(6-8)7-10-3-2-9(5-14-10)12(18)15-13/h2-3,5,8H,4,6-7,13H2,1H3,(H,15,18). The largest absolute Gasteiger partial charge is 0.337 e. The van der Waals surface area contributed by atoms with Crippen molar-refractivity contribution < 1.29 is 9.59 Å². The summed E-state index contributed by atoms with van der Waals surface area (Å²) in [5.41, 5.74) is 3.22. The maximum Gasteiger partial charge on any atom is 0.266 e. The monoisotopic (exact) mass is 248 g/mol. The van der Waals surface area contributed by atoms with E-state index in [1.807, 2.05) is 5.43 Å². The highest BCUT2D eigenvalue weighted by Gasteiger charge is 2.26. The first-order valence-corrected chi connectivity index (χ1v) is 5.84. The van der Waals surface area contributed by atoms with Crippen LogP contribution in [0.4, 0.5) is 0 Å². The van der Waals surface area contributed by atoms with E-state index in [0.29, 0.717) is 24.4 Å². The van der Waals surface area contributed by atoms with Crippen LogP contribution in [0.2, 0.25) is 0 Å². The lowest BCUT2D eigenvalue weighted by atomic mass is 10.2. The molecule has 1 aromatic rings. The minimum absolute atomic E-state index is 0.160. The number of nitrogens with one attached hydrogen (secondary N) is 1. The highest BCUT2D eigenvalue weighted by atomic mass is 16.2. The molecule has 0 saturated carbocycles. The third-order valence-electron chi connectivity index (χ3n) is 2.98. The minimum atomic E-state index is -0.375. The van der Waals surface area contributed by atoms with E-state index in [9.17, 15) is 9.59 Å². The van der Waals surface area contributed by atoms with Crippen LogP contribution in [0.25, 0.3) is 0 Å². The number of hydrazine groups is 1. The fourth-order valence-electron chi connectivity index (χ4n) is 2.05. The fraction of sp³-hybridized carbons (Fsp3) is 0.417. The molecule has 0 aromatic carbocycles. The molecule has 3 N–H and O–H groups in total. The second-order valence-corrected chi connectivity index (χ2v) is 4.60. The number of nitrogens with two attached hydrogens (primary N) is 1. The Morgan fingerprint density at radius 2 is 2.39 bits per heavy atom. The molecule has 0 radical (unpaired) electrons. The van der Waals surface area contributed by atoms with Gasteiger partial charge in [0.05, 0.1) is 17.8 Å². The van der Waals surface area contributed by atoms with Crippen LogP contribution in [0.5, 0.6) is 0 Å². The maximum atomic E-state index is 11.6. The van der Waals surface area contributed by atoms with Crippen LogP contribution >= 0.6 is 0 Å². The van der Waals surface area contributed by atoms with Crippen molar-refractivity contribution in [2.24, 2.45) is 11.8 Å². The number of hydrogen-bond donors (Lipinski definition) is 2. The molecular formula is C12H16N4O2. The quantitative estimate of drug-likeness (QED) is 0.449. The molecule has 1 aromatic heterocycles. The fourth-order valence-corrected chi connectivity index (χ4v) is 2.05. The van der Waals surface area contributed by atoms with Crippen LogP contribution in [0.15, 0.2) is 18.3 Å². The van der Waals surface area contributed by atoms with E-state index < -0.39 is 0 Å². The highest BCUT2D eigenvalue weighted by Crippen LogP contribution is 2.18. The van der Waals surface area contributed by atoms with Gasteiger partial charge in [0, 0.05) is 19.2 Å². The topological polar surface area (TPSA) is 88.3 Å². The van der Waals surface area contributed by atoms with Crippen molar-refractivity contribution in [2.75, 3.05) is 6.54 Å². The smallest absolute Gasteiger partial charge is 0.266 e. The molecule has 6 heteroatoms. The van der Waals surface area contributed by atoms with Gasteiger partial charge >= 0.3 is 0 Å². The number of carbonyl (C=O) groups is 2. The van der Waals surface area contributed by atoms with E-state index in [1.54, 1.807) is 17.0 Å². The van der Waals surface area contributed by atoms with Gasteiger partial charge in [-0.05, 0) is 18.1 Å². The molecule has 2 heterocycles. The number of hydrogen-bond acceptors (Lipinski definition) is 4. The third-order valence-corrected chi connectivity index (χ3v) is 2.98. The Morgan fingerprint density at radius 3 is 2.89 bits per heavy atom. The average molecular weight is 248 g/mol. The summed E-state index contributed by atoms with van der Waals surface area (Å²) < 4.78 is 0. The van der Waals surface area contributed by atoms with E-state index in [-0.39, 0.29) is 11.8 Å². The van der Waals surface area contributed by atoms with Crippen LogP contribution in [-0.4, -0.2) is 28.2 Å². The Hall–Kier alpha value is -1.95. The maximum absolute atomic E-state index is 11.6. The van der Waals surface area contributed by atoms with Crippen molar-refractivity contribution in [1.82, 2.24) is 15.3 Å². The van der Waals surface area contributed by atoms with E-state index in [1.165, 1.54) is 6.20 Å². The minimum Gasteiger partial charge on any atom is -0.337 e. The van der Waals surface area contributed by atoms with Crippen molar-refractivity contribution in [3.63, 3.8) is 0 Å². The molecule has 1 atom stereocenters. The van der Waals surface area contributed by atoms with Gasteiger partial charge in [0.2, 0.25) is 5.91 Å². The first kappa shape index (κ1) is 12.5. The number of pyridine rings is 1. The van der Waals surface area contributed by atoms with E-state index in [0.717, 1.165) is 12.2 Å². The SMILES string of the molecule is CC1CC(=O)N(Cc2ccc(C(=O)NN)cn2)C1. The first-order valence-electron chi connectivity index (χ1n) is 5.84. The number of aromatic nitrogens is 1. The predicted octanol–water partition coefficient (Wildman–Crippen LogP) is 0.0535. The van der Waals surface area contributed by atoms with E-state index >= 15 is 0 Å². The van der Waals surface area contributed by atoms with Gasteiger partial charge in [0.1, 0.15) is 0 Å². The summed E-state index contributed by atoms with van der Waals surface area (Å²) >= 11 is 0. The van der Waals surface area contributed by atoms with Gasteiger partial charge in [0.15, 0.2) is 0 Å². The Labute approximate surface area is 105 Å². The first-order chi connectivity index (χ1) is 8.60. The van der Waals surface area contributed by atoms with Gasteiger partial charge < -0.3 is 4.90 Å². The van der Waals surface area contributed by atoms with Crippen LogP contribution < -0.4 is 11.3 Å². The van der Waals surface area contributed by atoms with Crippen LogP contribution in [0, 0.1) is 5.92 Å². The van der Waals surface area contributed by atoms with Crippen LogP contribution in [0.3, 0.4) is 0 Å². The number of nitrogens with zero attached hydrogens (tertiary/aromatic N) is 2. The summed E-state index contributed by atoms with van der Waals surface area (Å²) in [6, 6.07) is 3.38. The number of amides is 2. The van der Waals surface area contributed by atoms with Gasteiger partial charge in [-0.15, -0.1) is 0 Å². The summed E-state index contributed by atoms with van der Waals surface area (Å²) in [6.45, 7) is 3.32. The Kier molecular flexibility index (Phi) is 3.57. The Bertz CT molecular complexity index is 458.